The maximum atomic E-state index is 11.4. The molecule has 0 aliphatic heterocycles. The van der Waals surface area contributed by atoms with Crippen LogP contribution in [0.25, 0.3) is 0 Å². The van der Waals surface area contributed by atoms with Crippen LogP contribution in [0.4, 0.5) is 5.69 Å². The number of hydrogen-bond donors (Lipinski definition) is 0. The van der Waals surface area contributed by atoms with Crippen LogP contribution < -0.4 is 0 Å². The van der Waals surface area contributed by atoms with E-state index < -0.39 is 10.9 Å². The van der Waals surface area contributed by atoms with Crippen molar-refractivity contribution in [3.05, 3.63) is 37.8 Å². The molecule has 0 unspecified atom stereocenters. The molecule has 86 valence electrons. The van der Waals surface area contributed by atoms with E-state index in [2.05, 4.69) is 36.6 Å². The number of nitro groups is 1. The fraction of sp³-hybridized carbons (Fsp3) is 0.222. The van der Waals surface area contributed by atoms with Gasteiger partial charge < -0.3 is 4.74 Å². The Balaban J connectivity index is 3.45. The summed E-state index contributed by atoms with van der Waals surface area (Å²) in [6, 6.07) is 2.97. The molecule has 0 heterocycles. The number of hydrogen-bond acceptors (Lipinski definition) is 4. The van der Waals surface area contributed by atoms with Gasteiger partial charge in [-0.2, -0.15) is 0 Å². The third kappa shape index (κ3) is 2.59. The first kappa shape index (κ1) is 13.1. The van der Waals surface area contributed by atoms with Crippen molar-refractivity contribution < 1.29 is 14.5 Å². The van der Waals surface area contributed by atoms with Gasteiger partial charge in [0, 0.05) is 15.9 Å². The SMILES string of the molecule is COC(=O)c1c(Br)cc(CBr)cc1[N+](=O)[O-]. The molecule has 0 radical (unpaired) electrons. The average Bonchev–Trinajstić information content (AvgIpc) is 2.26. The predicted molar refractivity (Wildman–Crippen MR) is 64.8 cm³/mol. The van der Waals surface area contributed by atoms with Crippen LogP contribution in [0.1, 0.15) is 15.9 Å². The molecule has 0 spiro atoms. The number of carbonyl (C=O) groups excluding carboxylic acids is 1. The molecule has 16 heavy (non-hydrogen) atoms. The van der Waals surface area contributed by atoms with E-state index in [1.165, 1.54) is 13.2 Å². The maximum Gasteiger partial charge on any atom is 0.346 e. The van der Waals surface area contributed by atoms with Crippen LogP contribution in [0.2, 0.25) is 0 Å². The Kier molecular flexibility index (Phi) is 4.43. The van der Waals surface area contributed by atoms with Gasteiger partial charge in [-0.1, -0.05) is 15.9 Å². The van der Waals surface area contributed by atoms with Gasteiger partial charge >= 0.3 is 5.97 Å². The molecule has 0 aliphatic rings. The lowest BCUT2D eigenvalue weighted by molar-refractivity contribution is -0.385. The molecule has 0 fully saturated rings. The number of rotatable bonds is 3. The zero-order chi connectivity index (χ0) is 12.3. The van der Waals surface area contributed by atoms with E-state index in [1.807, 2.05) is 0 Å². The third-order valence-corrected chi connectivity index (χ3v) is 3.14. The van der Waals surface area contributed by atoms with Crippen molar-refractivity contribution in [3.8, 4) is 0 Å². The summed E-state index contributed by atoms with van der Waals surface area (Å²) in [6.07, 6.45) is 0. The summed E-state index contributed by atoms with van der Waals surface area (Å²) in [5.41, 5.74) is 0.360. The number of halogens is 2. The monoisotopic (exact) mass is 351 g/mol. The molecule has 0 bridgehead atoms. The van der Waals surface area contributed by atoms with E-state index in [9.17, 15) is 14.9 Å². The van der Waals surface area contributed by atoms with Gasteiger partial charge in [-0.15, -0.1) is 0 Å². The number of nitro benzene ring substituents is 1. The quantitative estimate of drug-likeness (QED) is 0.363. The minimum absolute atomic E-state index is 0.0720. The van der Waals surface area contributed by atoms with E-state index >= 15 is 0 Å². The van der Waals surface area contributed by atoms with E-state index in [-0.39, 0.29) is 11.3 Å². The molecule has 1 aromatic carbocycles. The second kappa shape index (κ2) is 5.40. The lowest BCUT2D eigenvalue weighted by Crippen LogP contribution is -2.07. The van der Waals surface area contributed by atoms with Crippen LogP contribution >= 0.6 is 31.9 Å². The van der Waals surface area contributed by atoms with Crippen LogP contribution in [0.5, 0.6) is 0 Å². The first-order valence-corrected chi connectivity index (χ1v) is 6.03. The Bertz CT molecular complexity index is 447. The molecule has 5 nitrogen and oxygen atoms in total. The standard InChI is InChI=1S/C9H7Br2NO4/c1-16-9(13)8-6(11)2-5(4-10)3-7(8)12(14)15/h2-3H,4H2,1H3. The summed E-state index contributed by atoms with van der Waals surface area (Å²) in [5.74, 6) is -0.736. The van der Waals surface area contributed by atoms with Crippen molar-refractivity contribution in [1.29, 1.82) is 0 Å². The van der Waals surface area contributed by atoms with Gasteiger partial charge in [0.2, 0.25) is 0 Å². The lowest BCUT2D eigenvalue weighted by Gasteiger charge is -2.05. The normalized spacial score (nSPS) is 9.94. The third-order valence-electron chi connectivity index (χ3n) is 1.87. The number of carbonyl (C=O) groups is 1. The molecular formula is C9H7Br2NO4. The Labute approximate surface area is 108 Å². The summed E-state index contributed by atoms with van der Waals surface area (Å²) in [4.78, 5) is 21.6. The van der Waals surface area contributed by atoms with E-state index in [0.717, 1.165) is 0 Å². The van der Waals surface area contributed by atoms with Crippen molar-refractivity contribution in [3.63, 3.8) is 0 Å². The van der Waals surface area contributed by atoms with Crippen molar-refractivity contribution in [2.75, 3.05) is 7.11 Å². The zero-order valence-corrected chi connectivity index (χ0v) is 11.4. The van der Waals surface area contributed by atoms with Crippen LogP contribution in [-0.2, 0) is 10.1 Å². The molecule has 0 atom stereocenters. The van der Waals surface area contributed by atoms with Gasteiger partial charge in [-0.05, 0) is 27.6 Å². The molecule has 0 amide bonds. The van der Waals surface area contributed by atoms with Crippen LogP contribution in [0.3, 0.4) is 0 Å². The summed E-state index contributed by atoms with van der Waals surface area (Å²) in [5, 5.41) is 11.3. The van der Waals surface area contributed by atoms with Crippen molar-refractivity contribution in [2.45, 2.75) is 5.33 Å². The molecule has 0 N–H and O–H groups in total. The minimum atomic E-state index is -0.736. The smallest absolute Gasteiger partial charge is 0.346 e. The predicted octanol–water partition coefficient (Wildman–Crippen LogP) is 3.04. The molecule has 1 rings (SSSR count). The Hall–Kier alpha value is -0.950. The molecule has 0 saturated heterocycles. The summed E-state index contributed by atoms with van der Waals surface area (Å²) < 4.78 is 4.85. The van der Waals surface area contributed by atoms with Gasteiger partial charge in [0.1, 0.15) is 0 Å². The first-order chi connectivity index (χ1) is 7.51. The zero-order valence-electron chi connectivity index (χ0n) is 8.20. The highest BCUT2D eigenvalue weighted by molar-refractivity contribution is 9.10. The molecule has 7 heteroatoms. The summed E-state index contributed by atoms with van der Waals surface area (Å²) >= 11 is 6.32. The highest BCUT2D eigenvalue weighted by Gasteiger charge is 2.25. The number of ether oxygens (including phenoxy) is 1. The Morgan fingerprint density at radius 1 is 1.56 bits per heavy atom. The fourth-order valence-electron chi connectivity index (χ4n) is 1.17. The summed E-state index contributed by atoms with van der Waals surface area (Å²) in [6.45, 7) is 0. The molecule has 0 saturated carbocycles. The minimum Gasteiger partial charge on any atom is -0.465 e. The van der Waals surface area contributed by atoms with Crippen molar-refractivity contribution >= 4 is 43.5 Å². The molecular weight excluding hydrogens is 346 g/mol. The maximum absolute atomic E-state index is 11.4. The van der Waals surface area contributed by atoms with E-state index in [4.69, 9.17) is 0 Å². The lowest BCUT2D eigenvalue weighted by atomic mass is 10.1. The first-order valence-electron chi connectivity index (χ1n) is 4.12. The topological polar surface area (TPSA) is 69.4 Å². The number of alkyl halides is 1. The fourth-order valence-corrected chi connectivity index (χ4v) is 2.15. The van der Waals surface area contributed by atoms with Gasteiger partial charge in [-0.3, -0.25) is 10.1 Å². The van der Waals surface area contributed by atoms with Crippen molar-refractivity contribution in [2.24, 2.45) is 0 Å². The second-order valence-corrected chi connectivity index (χ2v) is 4.27. The van der Waals surface area contributed by atoms with Crippen LogP contribution in [0.15, 0.2) is 16.6 Å². The molecule has 1 aromatic rings. The van der Waals surface area contributed by atoms with Gasteiger partial charge in [0.15, 0.2) is 5.56 Å². The van der Waals surface area contributed by atoms with Crippen LogP contribution in [-0.4, -0.2) is 18.0 Å². The van der Waals surface area contributed by atoms with E-state index in [1.54, 1.807) is 6.07 Å². The van der Waals surface area contributed by atoms with Gasteiger partial charge in [-0.25, -0.2) is 4.79 Å². The number of nitrogens with zero attached hydrogens (tertiary/aromatic N) is 1. The largest absolute Gasteiger partial charge is 0.465 e. The Morgan fingerprint density at radius 3 is 2.62 bits per heavy atom. The van der Waals surface area contributed by atoms with Crippen molar-refractivity contribution in [1.82, 2.24) is 0 Å². The van der Waals surface area contributed by atoms with E-state index in [0.29, 0.717) is 15.4 Å². The number of methoxy groups -OCH3 is 1. The van der Waals surface area contributed by atoms with Gasteiger partial charge in [0.25, 0.3) is 5.69 Å². The van der Waals surface area contributed by atoms with Crippen LogP contribution in [0, 0.1) is 10.1 Å². The molecule has 0 aromatic heterocycles. The highest BCUT2D eigenvalue weighted by Crippen LogP contribution is 2.30. The molecule has 0 aliphatic carbocycles. The summed E-state index contributed by atoms with van der Waals surface area (Å²) in [7, 11) is 1.18. The number of benzene rings is 1. The number of esters is 1. The van der Waals surface area contributed by atoms with Gasteiger partial charge in [0.05, 0.1) is 12.0 Å². The highest BCUT2D eigenvalue weighted by atomic mass is 79.9. The second-order valence-electron chi connectivity index (χ2n) is 2.85. The average molecular weight is 353 g/mol. The Morgan fingerprint density at radius 2 is 2.19 bits per heavy atom.